The lowest BCUT2D eigenvalue weighted by atomic mass is 9.85. The van der Waals surface area contributed by atoms with Crippen molar-refractivity contribution in [2.75, 3.05) is 10.6 Å². The van der Waals surface area contributed by atoms with Crippen molar-refractivity contribution in [3.05, 3.63) is 47.1 Å². The molecule has 0 bridgehead atoms. The Morgan fingerprint density at radius 2 is 2.09 bits per heavy atom. The van der Waals surface area contributed by atoms with Crippen molar-refractivity contribution in [2.24, 2.45) is 5.92 Å². The minimum absolute atomic E-state index is 0.0769. The highest BCUT2D eigenvalue weighted by Crippen LogP contribution is 2.28. The molecule has 1 aliphatic rings. The van der Waals surface area contributed by atoms with Crippen LogP contribution >= 0.6 is 11.6 Å². The summed E-state index contributed by atoms with van der Waals surface area (Å²) in [7, 11) is 0. The first-order valence-corrected chi connectivity index (χ1v) is 7.80. The molecule has 5 heteroatoms. The number of aromatic nitrogens is 1. The topological polar surface area (TPSA) is 54.0 Å². The number of nitrogens with zero attached hydrogens (tertiary/aromatic N) is 1. The lowest BCUT2D eigenvalue weighted by Crippen LogP contribution is -2.28. The van der Waals surface area contributed by atoms with Crippen LogP contribution in [0.5, 0.6) is 0 Å². The first kappa shape index (κ1) is 14.9. The molecule has 22 heavy (non-hydrogen) atoms. The summed E-state index contributed by atoms with van der Waals surface area (Å²) < 4.78 is 0. The highest BCUT2D eigenvalue weighted by Gasteiger charge is 2.25. The molecule has 1 aromatic heterocycles. The Balaban J connectivity index is 1.64. The zero-order valence-corrected chi connectivity index (χ0v) is 13.2. The van der Waals surface area contributed by atoms with Gasteiger partial charge in [-0.1, -0.05) is 18.0 Å². The monoisotopic (exact) mass is 315 g/mol. The second kappa shape index (κ2) is 6.36. The second-order valence-corrected chi connectivity index (χ2v) is 6.07. The molecule has 114 valence electrons. The van der Waals surface area contributed by atoms with E-state index in [-0.39, 0.29) is 11.8 Å². The van der Waals surface area contributed by atoms with Crippen LogP contribution < -0.4 is 10.6 Å². The molecule has 0 unspecified atom stereocenters. The molecule has 1 aromatic carbocycles. The van der Waals surface area contributed by atoms with E-state index in [4.69, 9.17) is 11.6 Å². The van der Waals surface area contributed by atoms with Crippen LogP contribution in [0.3, 0.4) is 0 Å². The number of nitrogens with one attached hydrogen (secondary N) is 2. The fraction of sp³-hybridized carbons (Fsp3) is 0.294. The molecule has 0 aliphatic heterocycles. The quantitative estimate of drug-likeness (QED) is 0.871. The van der Waals surface area contributed by atoms with Crippen LogP contribution in [0.1, 0.15) is 24.8 Å². The molecule has 1 saturated carbocycles. The number of anilines is 3. The van der Waals surface area contributed by atoms with Gasteiger partial charge in [0, 0.05) is 16.6 Å². The van der Waals surface area contributed by atoms with Crippen molar-refractivity contribution in [3.8, 4) is 0 Å². The fourth-order valence-electron chi connectivity index (χ4n) is 2.36. The van der Waals surface area contributed by atoms with Crippen molar-refractivity contribution >= 4 is 34.7 Å². The van der Waals surface area contributed by atoms with Crippen LogP contribution in [0.25, 0.3) is 0 Å². The highest BCUT2D eigenvalue weighted by molar-refractivity contribution is 6.30. The summed E-state index contributed by atoms with van der Waals surface area (Å²) in [5.74, 6) is 0.833. The van der Waals surface area contributed by atoms with Gasteiger partial charge in [-0.3, -0.25) is 4.79 Å². The average Bonchev–Trinajstić information content (AvgIpc) is 2.42. The Kier molecular flexibility index (Phi) is 4.29. The van der Waals surface area contributed by atoms with Crippen LogP contribution in [-0.4, -0.2) is 10.9 Å². The van der Waals surface area contributed by atoms with Crippen molar-refractivity contribution in [2.45, 2.75) is 26.2 Å². The summed E-state index contributed by atoms with van der Waals surface area (Å²) >= 11 is 5.95. The second-order valence-electron chi connectivity index (χ2n) is 5.63. The Hall–Kier alpha value is -2.07. The smallest absolute Gasteiger partial charge is 0.228 e. The lowest BCUT2D eigenvalue weighted by molar-refractivity contribution is -0.122. The minimum atomic E-state index is 0.0769. The number of rotatable bonds is 4. The molecule has 1 aliphatic carbocycles. The number of carbonyl (C=O) groups excluding carboxylic acids is 1. The Morgan fingerprint density at radius 3 is 2.68 bits per heavy atom. The maximum atomic E-state index is 11.9. The fourth-order valence-corrected chi connectivity index (χ4v) is 2.59. The van der Waals surface area contributed by atoms with E-state index in [1.54, 1.807) is 6.20 Å². The molecule has 2 aromatic rings. The van der Waals surface area contributed by atoms with Gasteiger partial charge in [0.1, 0.15) is 5.82 Å². The maximum absolute atomic E-state index is 11.9. The molecule has 0 radical (unpaired) electrons. The first-order chi connectivity index (χ1) is 10.6. The zero-order valence-electron chi connectivity index (χ0n) is 12.4. The Labute approximate surface area is 134 Å². The standard InChI is InChI=1S/C17H18ClN3O/c1-11-9-13(18)5-7-15(11)20-14-6-8-16(19-10-14)21-17(22)12-3-2-4-12/h5-10,12,20H,2-4H2,1H3,(H,19,21,22). The van der Waals surface area contributed by atoms with Gasteiger partial charge in [-0.05, 0) is 55.7 Å². The highest BCUT2D eigenvalue weighted by atomic mass is 35.5. The Bertz CT molecular complexity index is 681. The lowest BCUT2D eigenvalue weighted by Gasteiger charge is -2.23. The van der Waals surface area contributed by atoms with Gasteiger partial charge in [0.25, 0.3) is 0 Å². The number of hydrogen-bond donors (Lipinski definition) is 2. The van der Waals surface area contributed by atoms with Gasteiger partial charge in [-0.15, -0.1) is 0 Å². The first-order valence-electron chi connectivity index (χ1n) is 7.42. The number of halogens is 1. The predicted molar refractivity (Wildman–Crippen MR) is 89.7 cm³/mol. The van der Waals surface area contributed by atoms with Gasteiger partial charge in [-0.2, -0.15) is 0 Å². The van der Waals surface area contributed by atoms with E-state index in [1.807, 2.05) is 37.3 Å². The number of aryl methyl sites for hydroxylation is 1. The number of pyridine rings is 1. The molecule has 4 nitrogen and oxygen atoms in total. The molecule has 1 heterocycles. The van der Waals surface area contributed by atoms with Gasteiger partial charge in [0.15, 0.2) is 0 Å². The summed E-state index contributed by atoms with van der Waals surface area (Å²) in [6.45, 7) is 1.99. The van der Waals surface area contributed by atoms with E-state index >= 15 is 0 Å². The van der Waals surface area contributed by atoms with Gasteiger partial charge < -0.3 is 10.6 Å². The third kappa shape index (κ3) is 3.39. The van der Waals surface area contributed by atoms with Crippen LogP contribution in [0, 0.1) is 12.8 Å². The summed E-state index contributed by atoms with van der Waals surface area (Å²) in [6.07, 6.45) is 4.84. The van der Waals surface area contributed by atoms with Gasteiger partial charge >= 0.3 is 0 Å². The van der Waals surface area contributed by atoms with E-state index in [9.17, 15) is 4.79 Å². The minimum Gasteiger partial charge on any atom is -0.354 e. The number of amides is 1. The SMILES string of the molecule is Cc1cc(Cl)ccc1Nc1ccc(NC(=O)C2CCC2)nc1. The predicted octanol–water partition coefficient (Wildman–Crippen LogP) is 4.53. The van der Waals surface area contributed by atoms with Gasteiger partial charge in [0.2, 0.25) is 5.91 Å². The molecular formula is C17H18ClN3O. The van der Waals surface area contributed by atoms with E-state index in [1.165, 1.54) is 0 Å². The van der Waals surface area contributed by atoms with Crippen molar-refractivity contribution in [3.63, 3.8) is 0 Å². The van der Waals surface area contributed by atoms with Gasteiger partial charge in [-0.25, -0.2) is 4.98 Å². The van der Waals surface area contributed by atoms with Crippen molar-refractivity contribution < 1.29 is 4.79 Å². The summed E-state index contributed by atoms with van der Waals surface area (Å²) in [6, 6.07) is 9.40. The average molecular weight is 316 g/mol. The van der Waals surface area contributed by atoms with Crippen LogP contribution in [0.2, 0.25) is 5.02 Å². The van der Waals surface area contributed by atoms with Crippen LogP contribution in [-0.2, 0) is 4.79 Å². The summed E-state index contributed by atoms with van der Waals surface area (Å²) in [4.78, 5) is 16.2. The number of hydrogen-bond acceptors (Lipinski definition) is 3. The van der Waals surface area contributed by atoms with Crippen LogP contribution in [0.4, 0.5) is 17.2 Å². The largest absolute Gasteiger partial charge is 0.354 e. The normalized spacial score (nSPS) is 14.3. The zero-order chi connectivity index (χ0) is 15.5. The van der Waals surface area contributed by atoms with E-state index in [0.29, 0.717) is 5.82 Å². The Morgan fingerprint density at radius 1 is 1.27 bits per heavy atom. The van der Waals surface area contributed by atoms with Gasteiger partial charge in [0.05, 0.1) is 11.9 Å². The van der Waals surface area contributed by atoms with E-state index in [2.05, 4.69) is 15.6 Å². The molecular weight excluding hydrogens is 298 g/mol. The van der Waals surface area contributed by atoms with E-state index < -0.39 is 0 Å². The summed E-state index contributed by atoms with van der Waals surface area (Å²) in [5.41, 5.74) is 2.92. The summed E-state index contributed by atoms with van der Waals surface area (Å²) in [5, 5.41) is 6.87. The number of carbonyl (C=O) groups is 1. The molecule has 2 N–H and O–H groups in total. The molecule has 0 spiro atoms. The number of benzene rings is 1. The third-order valence-corrected chi connectivity index (χ3v) is 4.19. The molecule has 3 rings (SSSR count). The molecule has 0 atom stereocenters. The van der Waals surface area contributed by atoms with Crippen LogP contribution in [0.15, 0.2) is 36.5 Å². The third-order valence-electron chi connectivity index (χ3n) is 3.96. The van der Waals surface area contributed by atoms with Crippen molar-refractivity contribution in [1.29, 1.82) is 0 Å². The van der Waals surface area contributed by atoms with E-state index in [0.717, 1.165) is 41.2 Å². The molecule has 0 saturated heterocycles. The maximum Gasteiger partial charge on any atom is 0.228 e. The molecule has 1 fully saturated rings. The molecule has 1 amide bonds. The van der Waals surface area contributed by atoms with Crippen molar-refractivity contribution in [1.82, 2.24) is 4.98 Å².